The van der Waals surface area contributed by atoms with E-state index in [1.54, 1.807) is 18.2 Å². The maximum Gasteiger partial charge on any atom is 0.317 e. The van der Waals surface area contributed by atoms with Crippen LogP contribution in [-0.2, 0) is 4.79 Å². The fourth-order valence-corrected chi connectivity index (χ4v) is 6.03. The molecule has 4 saturated carbocycles. The summed E-state index contributed by atoms with van der Waals surface area (Å²) in [6, 6.07) is 16.3. The van der Waals surface area contributed by atoms with Crippen molar-refractivity contribution in [3.63, 3.8) is 0 Å². The topological polar surface area (TPSA) is 55.4 Å². The molecule has 1 N–H and O–H groups in total. The van der Waals surface area contributed by atoms with Gasteiger partial charge in [0.2, 0.25) is 0 Å². The highest BCUT2D eigenvalue weighted by Crippen LogP contribution is 2.60. The molecule has 0 saturated heterocycles. The van der Waals surface area contributed by atoms with Crippen LogP contribution >= 0.6 is 0 Å². The summed E-state index contributed by atoms with van der Waals surface area (Å²) in [4.78, 5) is 26.0. The van der Waals surface area contributed by atoms with Crippen LogP contribution in [0.3, 0.4) is 0 Å². The summed E-state index contributed by atoms with van der Waals surface area (Å²) in [5.74, 6) is 1.99. The van der Waals surface area contributed by atoms with Crippen LogP contribution in [0, 0.1) is 23.2 Å². The average molecular weight is 375 g/mol. The summed E-state index contributed by atoms with van der Waals surface area (Å²) in [5, 5.41) is 2.88. The fourth-order valence-electron chi connectivity index (χ4n) is 6.03. The zero-order chi connectivity index (χ0) is 19.1. The van der Waals surface area contributed by atoms with E-state index in [9.17, 15) is 9.59 Å². The molecule has 4 bridgehead atoms. The highest BCUT2D eigenvalue weighted by Gasteiger charge is 2.55. The molecular formula is C24H25NO3. The van der Waals surface area contributed by atoms with E-state index in [0.29, 0.717) is 29.1 Å². The number of esters is 1. The fraction of sp³-hybridized carbons (Fsp3) is 0.417. The summed E-state index contributed by atoms with van der Waals surface area (Å²) in [6.45, 7) is 0. The van der Waals surface area contributed by atoms with Crippen LogP contribution < -0.4 is 10.1 Å². The Balaban J connectivity index is 1.36. The van der Waals surface area contributed by atoms with Gasteiger partial charge in [-0.2, -0.15) is 0 Å². The molecule has 0 radical (unpaired) electrons. The second-order valence-corrected chi connectivity index (χ2v) is 8.90. The number of ether oxygens (including phenoxy) is 1. The Kier molecular flexibility index (Phi) is 4.22. The molecule has 4 heteroatoms. The lowest BCUT2D eigenvalue weighted by atomic mass is 9.49. The predicted molar refractivity (Wildman–Crippen MR) is 107 cm³/mol. The molecule has 4 aliphatic rings. The Bertz CT molecular complexity index is 870. The van der Waals surface area contributed by atoms with Gasteiger partial charge in [0, 0.05) is 5.69 Å². The largest absolute Gasteiger partial charge is 0.425 e. The van der Waals surface area contributed by atoms with E-state index in [2.05, 4.69) is 5.32 Å². The molecule has 0 aromatic heterocycles. The van der Waals surface area contributed by atoms with E-state index in [-0.39, 0.29) is 17.3 Å². The van der Waals surface area contributed by atoms with Gasteiger partial charge in [0.05, 0.1) is 11.0 Å². The van der Waals surface area contributed by atoms with Gasteiger partial charge in [0.15, 0.2) is 0 Å². The Labute approximate surface area is 165 Å². The van der Waals surface area contributed by atoms with E-state index in [1.807, 2.05) is 36.4 Å². The number of hydrogen-bond acceptors (Lipinski definition) is 3. The van der Waals surface area contributed by atoms with Crippen LogP contribution in [-0.4, -0.2) is 11.9 Å². The summed E-state index contributed by atoms with van der Waals surface area (Å²) in [6.07, 6.45) is 6.70. The molecule has 0 spiro atoms. The third kappa shape index (κ3) is 3.11. The SMILES string of the molecule is O=C(Nc1ccccc1)c1ccccc1OC(=O)C12CC3CC(CC(C3)C1)C2. The summed E-state index contributed by atoms with van der Waals surface area (Å²) >= 11 is 0. The van der Waals surface area contributed by atoms with Gasteiger partial charge in [-0.3, -0.25) is 9.59 Å². The van der Waals surface area contributed by atoms with Crippen molar-refractivity contribution in [2.75, 3.05) is 5.32 Å². The molecule has 4 aliphatic carbocycles. The number of rotatable bonds is 4. The predicted octanol–water partition coefficient (Wildman–Crippen LogP) is 5.06. The smallest absolute Gasteiger partial charge is 0.317 e. The number of anilines is 1. The van der Waals surface area contributed by atoms with E-state index >= 15 is 0 Å². The molecular weight excluding hydrogens is 350 g/mol. The number of para-hydroxylation sites is 2. The number of benzene rings is 2. The summed E-state index contributed by atoms with van der Waals surface area (Å²) in [5.41, 5.74) is 0.775. The van der Waals surface area contributed by atoms with Gasteiger partial charge in [-0.15, -0.1) is 0 Å². The van der Waals surface area contributed by atoms with E-state index in [1.165, 1.54) is 19.3 Å². The van der Waals surface area contributed by atoms with Gasteiger partial charge in [0.25, 0.3) is 5.91 Å². The van der Waals surface area contributed by atoms with Crippen LogP contribution in [0.1, 0.15) is 48.9 Å². The molecule has 4 fully saturated rings. The molecule has 6 rings (SSSR count). The van der Waals surface area contributed by atoms with Crippen molar-refractivity contribution >= 4 is 17.6 Å². The lowest BCUT2D eigenvalue weighted by Gasteiger charge is -2.55. The molecule has 0 aliphatic heterocycles. The minimum Gasteiger partial charge on any atom is -0.425 e. The van der Waals surface area contributed by atoms with Crippen LogP contribution in [0.15, 0.2) is 54.6 Å². The van der Waals surface area contributed by atoms with Gasteiger partial charge < -0.3 is 10.1 Å². The van der Waals surface area contributed by atoms with Crippen molar-refractivity contribution in [3.05, 3.63) is 60.2 Å². The highest BCUT2D eigenvalue weighted by atomic mass is 16.5. The first-order chi connectivity index (χ1) is 13.6. The molecule has 0 heterocycles. The van der Waals surface area contributed by atoms with Crippen LogP contribution in [0.2, 0.25) is 0 Å². The maximum absolute atomic E-state index is 13.2. The third-order valence-electron chi connectivity index (χ3n) is 6.84. The molecule has 144 valence electrons. The number of carbonyl (C=O) groups excluding carboxylic acids is 2. The number of nitrogens with one attached hydrogen (secondary N) is 1. The van der Waals surface area contributed by atoms with E-state index in [0.717, 1.165) is 24.9 Å². The average Bonchev–Trinajstić information content (AvgIpc) is 2.68. The Hall–Kier alpha value is -2.62. The van der Waals surface area contributed by atoms with Gasteiger partial charge in [-0.25, -0.2) is 0 Å². The zero-order valence-corrected chi connectivity index (χ0v) is 15.9. The normalized spacial score (nSPS) is 30.1. The molecule has 2 aromatic carbocycles. The minimum absolute atomic E-state index is 0.133. The monoisotopic (exact) mass is 375 g/mol. The van der Waals surface area contributed by atoms with Gasteiger partial charge in [0.1, 0.15) is 5.75 Å². The van der Waals surface area contributed by atoms with Crippen molar-refractivity contribution in [2.24, 2.45) is 23.2 Å². The maximum atomic E-state index is 13.2. The Morgan fingerprint density at radius 1 is 0.821 bits per heavy atom. The van der Waals surface area contributed by atoms with Crippen LogP contribution in [0.5, 0.6) is 5.75 Å². The third-order valence-corrected chi connectivity index (χ3v) is 6.84. The van der Waals surface area contributed by atoms with Crippen LogP contribution in [0.25, 0.3) is 0 Å². The van der Waals surface area contributed by atoms with Gasteiger partial charge in [-0.05, 0) is 80.5 Å². The first kappa shape index (κ1) is 17.5. The Morgan fingerprint density at radius 3 is 2.04 bits per heavy atom. The number of carbonyl (C=O) groups is 2. The molecule has 0 unspecified atom stereocenters. The standard InChI is InChI=1S/C24H25NO3/c26-22(25-19-6-2-1-3-7-19)20-8-4-5-9-21(20)28-23(27)24-13-16-10-17(14-24)12-18(11-16)15-24/h1-9,16-18H,10-15H2,(H,25,26). The molecule has 4 nitrogen and oxygen atoms in total. The molecule has 2 aromatic rings. The highest BCUT2D eigenvalue weighted by molar-refractivity contribution is 6.06. The van der Waals surface area contributed by atoms with Crippen LogP contribution in [0.4, 0.5) is 5.69 Å². The molecule has 1 amide bonds. The number of amides is 1. The minimum atomic E-state index is -0.336. The lowest BCUT2D eigenvalue weighted by Crippen LogP contribution is -2.51. The molecule has 0 atom stereocenters. The second kappa shape index (κ2) is 6.77. The van der Waals surface area contributed by atoms with Crippen molar-refractivity contribution in [3.8, 4) is 5.75 Å². The van der Waals surface area contributed by atoms with Crippen molar-refractivity contribution in [1.82, 2.24) is 0 Å². The van der Waals surface area contributed by atoms with Crippen molar-refractivity contribution in [2.45, 2.75) is 38.5 Å². The number of hydrogen-bond donors (Lipinski definition) is 1. The first-order valence-corrected chi connectivity index (χ1v) is 10.3. The quantitative estimate of drug-likeness (QED) is 0.600. The second-order valence-electron chi connectivity index (χ2n) is 8.90. The van der Waals surface area contributed by atoms with Gasteiger partial charge >= 0.3 is 5.97 Å². The van der Waals surface area contributed by atoms with Crippen molar-refractivity contribution < 1.29 is 14.3 Å². The van der Waals surface area contributed by atoms with E-state index < -0.39 is 0 Å². The Morgan fingerprint density at radius 2 is 1.39 bits per heavy atom. The van der Waals surface area contributed by atoms with Gasteiger partial charge in [-0.1, -0.05) is 30.3 Å². The summed E-state index contributed by atoms with van der Waals surface area (Å²) < 4.78 is 5.89. The van der Waals surface area contributed by atoms with Crippen molar-refractivity contribution in [1.29, 1.82) is 0 Å². The molecule has 28 heavy (non-hydrogen) atoms. The van der Waals surface area contributed by atoms with E-state index in [4.69, 9.17) is 4.74 Å². The first-order valence-electron chi connectivity index (χ1n) is 10.3. The summed E-state index contributed by atoms with van der Waals surface area (Å²) in [7, 11) is 0. The zero-order valence-electron chi connectivity index (χ0n) is 15.9. The lowest BCUT2D eigenvalue weighted by molar-refractivity contribution is -0.161.